The fraction of sp³-hybridized carbons (Fsp3) is 0.211. The Labute approximate surface area is 146 Å². The first-order chi connectivity index (χ1) is 11.9. The van der Waals surface area contributed by atoms with E-state index in [-0.39, 0.29) is 15.7 Å². The zero-order valence-electron chi connectivity index (χ0n) is 13.8. The Morgan fingerprint density at radius 3 is 2.32 bits per heavy atom. The van der Waals surface area contributed by atoms with Gasteiger partial charge in [0.15, 0.2) is 5.76 Å². The van der Waals surface area contributed by atoms with Crippen LogP contribution in [0.25, 0.3) is 11.5 Å². The molecular weight excluding hydrogens is 336 g/mol. The van der Waals surface area contributed by atoms with Crippen LogP contribution in [-0.4, -0.2) is 13.4 Å². The molecule has 0 unspecified atom stereocenters. The van der Waals surface area contributed by atoms with Crippen LogP contribution >= 0.6 is 0 Å². The van der Waals surface area contributed by atoms with Crippen molar-refractivity contribution in [3.05, 3.63) is 65.9 Å². The van der Waals surface area contributed by atoms with Gasteiger partial charge in [0.25, 0.3) is 0 Å². The highest BCUT2D eigenvalue weighted by Gasteiger charge is 2.48. The SMILES string of the molecule is Cc1ccccc1-c1nc(S(=O)(=O)c2ccccc2)c(C2(N)CC2)o1. The summed E-state index contributed by atoms with van der Waals surface area (Å²) in [5, 5.41) is -0.0723. The van der Waals surface area contributed by atoms with Crippen LogP contribution in [0.2, 0.25) is 0 Å². The number of aromatic nitrogens is 1. The van der Waals surface area contributed by atoms with Crippen molar-refractivity contribution in [3.8, 4) is 11.5 Å². The molecule has 3 aromatic rings. The summed E-state index contributed by atoms with van der Waals surface area (Å²) in [6.45, 7) is 1.93. The molecule has 1 aliphatic rings. The second-order valence-corrected chi connectivity index (χ2v) is 8.31. The molecular formula is C19H18N2O3S. The maximum Gasteiger partial charge on any atom is 0.227 e. The molecule has 128 valence electrons. The zero-order valence-corrected chi connectivity index (χ0v) is 14.6. The second-order valence-electron chi connectivity index (χ2n) is 6.44. The summed E-state index contributed by atoms with van der Waals surface area (Å²) in [5.74, 6) is 0.550. The van der Waals surface area contributed by atoms with E-state index in [0.29, 0.717) is 18.7 Å². The van der Waals surface area contributed by atoms with Gasteiger partial charge in [-0.15, -0.1) is 0 Å². The molecule has 0 amide bonds. The Kier molecular flexibility index (Phi) is 3.56. The first-order valence-corrected chi connectivity index (χ1v) is 9.56. The normalized spacial score (nSPS) is 15.9. The number of nitrogens with zero attached hydrogens (tertiary/aromatic N) is 1. The Morgan fingerprint density at radius 2 is 1.68 bits per heavy atom. The third-order valence-electron chi connectivity index (χ3n) is 4.52. The van der Waals surface area contributed by atoms with E-state index in [2.05, 4.69) is 4.98 Å². The minimum Gasteiger partial charge on any atom is -0.438 e. The third-order valence-corrected chi connectivity index (χ3v) is 6.20. The lowest BCUT2D eigenvalue weighted by atomic mass is 10.1. The van der Waals surface area contributed by atoms with E-state index in [1.807, 2.05) is 31.2 Å². The molecule has 1 aromatic heterocycles. The van der Waals surface area contributed by atoms with Gasteiger partial charge in [0.2, 0.25) is 20.8 Å². The average Bonchev–Trinajstić information content (AvgIpc) is 3.19. The Morgan fingerprint density at radius 1 is 1.04 bits per heavy atom. The summed E-state index contributed by atoms with van der Waals surface area (Å²) in [5.41, 5.74) is 7.26. The molecule has 0 radical (unpaired) electrons. The topological polar surface area (TPSA) is 86.2 Å². The molecule has 0 spiro atoms. The molecule has 0 atom stereocenters. The maximum atomic E-state index is 13.1. The Bertz CT molecular complexity index is 1040. The van der Waals surface area contributed by atoms with Gasteiger partial charge in [0.05, 0.1) is 10.4 Å². The van der Waals surface area contributed by atoms with Crippen LogP contribution in [0.3, 0.4) is 0 Å². The standard InChI is InChI=1S/C19H18N2O3S/c1-13-7-5-6-10-15(13)17-21-18(16(24-17)19(20)11-12-19)25(22,23)14-8-3-2-4-9-14/h2-10H,11-12,20H2,1H3. The van der Waals surface area contributed by atoms with Crippen molar-refractivity contribution in [2.45, 2.75) is 35.2 Å². The molecule has 0 aliphatic heterocycles. The fourth-order valence-corrected chi connectivity index (χ4v) is 4.23. The second kappa shape index (κ2) is 5.54. The van der Waals surface area contributed by atoms with E-state index < -0.39 is 15.4 Å². The molecule has 1 fully saturated rings. The third kappa shape index (κ3) is 2.67. The van der Waals surface area contributed by atoms with Crippen LogP contribution in [0.1, 0.15) is 24.2 Å². The predicted molar refractivity (Wildman–Crippen MR) is 93.7 cm³/mol. The van der Waals surface area contributed by atoms with Crippen LogP contribution < -0.4 is 5.73 Å². The van der Waals surface area contributed by atoms with Crippen molar-refractivity contribution in [2.24, 2.45) is 5.73 Å². The average molecular weight is 354 g/mol. The molecule has 25 heavy (non-hydrogen) atoms. The molecule has 6 heteroatoms. The number of oxazole rings is 1. The van der Waals surface area contributed by atoms with Gasteiger partial charge in [-0.25, -0.2) is 8.42 Å². The van der Waals surface area contributed by atoms with Crippen LogP contribution in [0.4, 0.5) is 0 Å². The molecule has 1 aliphatic carbocycles. The van der Waals surface area contributed by atoms with Crippen LogP contribution in [0.15, 0.2) is 68.9 Å². The molecule has 4 rings (SSSR count). The fourth-order valence-electron chi connectivity index (χ4n) is 2.80. The Hall–Kier alpha value is -2.44. The largest absolute Gasteiger partial charge is 0.438 e. The number of nitrogens with two attached hydrogens (primary N) is 1. The molecule has 5 nitrogen and oxygen atoms in total. The quantitative estimate of drug-likeness (QED) is 0.776. The number of sulfone groups is 1. The number of hydrogen-bond acceptors (Lipinski definition) is 5. The van der Waals surface area contributed by atoms with E-state index in [9.17, 15) is 8.42 Å². The van der Waals surface area contributed by atoms with E-state index >= 15 is 0 Å². The minimum atomic E-state index is -3.80. The maximum absolute atomic E-state index is 13.1. The Balaban J connectivity index is 1.92. The summed E-state index contributed by atoms with van der Waals surface area (Å²) in [6.07, 6.45) is 1.37. The summed E-state index contributed by atoms with van der Waals surface area (Å²) in [6, 6.07) is 15.8. The number of rotatable bonds is 4. The van der Waals surface area contributed by atoms with E-state index in [4.69, 9.17) is 10.2 Å². The summed E-state index contributed by atoms with van der Waals surface area (Å²) >= 11 is 0. The van der Waals surface area contributed by atoms with Gasteiger partial charge in [0, 0.05) is 5.56 Å². The first kappa shape index (κ1) is 16.1. The molecule has 1 heterocycles. The van der Waals surface area contributed by atoms with Crippen molar-refractivity contribution < 1.29 is 12.8 Å². The minimum absolute atomic E-state index is 0.0723. The van der Waals surface area contributed by atoms with Gasteiger partial charge in [-0.2, -0.15) is 4.98 Å². The summed E-state index contributed by atoms with van der Waals surface area (Å²) < 4.78 is 32.1. The van der Waals surface area contributed by atoms with Crippen LogP contribution in [0.5, 0.6) is 0 Å². The van der Waals surface area contributed by atoms with Crippen molar-refractivity contribution in [3.63, 3.8) is 0 Å². The van der Waals surface area contributed by atoms with Gasteiger partial charge < -0.3 is 10.2 Å². The first-order valence-electron chi connectivity index (χ1n) is 8.08. The lowest BCUT2D eigenvalue weighted by Gasteiger charge is -2.07. The molecule has 2 aromatic carbocycles. The van der Waals surface area contributed by atoms with Gasteiger partial charge in [-0.1, -0.05) is 36.4 Å². The van der Waals surface area contributed by atoms with Crippen molar-refractivity contribution in [1.82, 2.24) is 4.98 Å². The molecule has 2 N–H and O–H groups in total. The summed E-state index contributed by atoms with van der Waals surface area (Å²) in [7, 11) is -3.80. The number of aryl methyl sites for hydroxylation is 1. The number of benzene rings is 2. The van der Waals surface area contributed by atoms with Gasteiger partial charge in [-0.05, 0) is 43.5 Å². The summed E-state index contributed by atoms with van der Waals surface area (Å²) in [4.78, 5) is 4.55. The number of hydrogen-bond donors (Lipinski definition) is 1. The lowest BCUT2D eigenvalue weighted by molar-refractivity contribution is 0.453. The molecule has 1 saturated carbocycles. The van der Waals surface area contributed by atoms with Crippen LogP contribution in [-0.2, 0) is 15.4 Å². The van der Waals surface area contributed by atoms with E-state index in [1.165, 1.54) is 0 Å². The highest BCUT2D eigenvalue weighted by molar-refractivity contribution is 7.91. The zero-order chi connectivity index (χ0) is 17.7. The predicted octanol–water partition coefficient (Wildman–Crippen LogP) is 3.43. The van der Waals surface area contributed by atoms with E-state index in [0.717, 1.165) is 11.1 Å². The highest BCUT2D eigenvalue weighted by atomic mass is 32.2. The van der Waals surface area contributed by atoms with Crippen molar-refractivity contribution in [2.75, 3.05) is 0 Å². The van der Waals surface area contributed by atoms with Gasteiger partial charge in [-0.3, -0.25) is 0 Å². The van der Waals surface area contributed by atoms with Crippen LogP contribution in [0, 0.1) is 6.92 Å². The lowest BCUT2D eigenvalue weighted by Crippen LogP contribution is -2.21. The monoisotopic (exact) mass is 354 g/mol. The van der Waals surface area contributed by atoms with Gasteiger partial charge in [0.1, 0.15) is 0 Å². The van der Waals surface area contributed by atoms with Gasteiger partial charge >= 0.3 is 0 Å². The molecule has 0 saturated heterocycles. The van der Waals surface area contributed by atoms with Crippen molar-refractivity contribution >= 4 is 9.84 Å². The highest BCUT2D eigenvalue weighted by Crippen LogP contribution is 2.47. The van der Waals surface area contributed by atoms with E-state index in [1.54, 1.807) is 30.3 Å². The van der Waals surface area contributed by atoms with Crippen molar-refractivity contribution in [1.29, 1.82) is 0 Å². The smallest absolute Gasteiger partial charge is 0.227 e. The molecule has 0 bridgehead atoms.